The van der Waals surface area contributed by atoms with Gasteiger partial charge in [0.1, 0.15) is 0 Å². The number of rotatable bonds is 1. The summed E-state index contributed by atoms with van der Waals surface area (Å²) in [5.41, 5.74) is 1.13. The van der Waals surface area contributed by atoms with Crippen LogP contribution in [0.3, 0.4) is 0 Å². The third-order valence-corrected chi connectivity index (χ3v) is 7.05. The number of hydrogen-bond donors (Lipinski definition) is 0. The number of halogens is 6. The summed E-state index contributed by atoms with van der Waals surface area (Å²) in [6, 6.07) is 2.03. The van der Waals surface area contributed by atoms with E-state index in [2.05, 4.69) is 95.6 Å². The fourth-order valence-electron chi connectivity index (χ4n) is 0.750. The highest BCUT2D eigenvalue weighted by Crippen LogP contribution is 2.44. The highest BCUT2D eigenvalue weighted by molar-refractivity contribution is 9.24. The summed E-state index contributed by atoms with van der Waals surface area (Å²) in [6.07, 6.45) is 0. The van der Waals surface area contributed by atoms with Crippen molar-refractivity contribution in [2.45, 2.75) is 3.74 Å². The van der Waals surface area contributed by atoms with Crippen LogP contribution in [0.5, 0.6) is 0 Å². The molecule has 72 valence electrons. The van der Waals surface area contributed by atoms with E-state index in [0.29, 0.717) is 0 Å². The topological polar surface area (TPSA) is 0 Å². The monoisotopic (exact) mass is 560 g/mol. The molecule has 0 aliphatic carbocycles. The molecule has 0 saturated carbocycles. The van der Waals surface area contributed by atoms with E-state index >= 15 is 0 Å². The molecule has 0 heterocycles. The Bertz CT molecular complexity index is 332. The van der Waals surface area contributed by atoms with Gasteiger partial charge in [0.15, 0.2) is 0 Å². The Morgan fingerprint density at radius 3 is 1.85 bits per heavy atom. The lowest BCUT2D eigenvalue weighted by atomic mass is 10.2. The fourth-order valence-corrected chi connectivity index (χ4v) is 4.36. The van der Waals surface area contributed by atoms with Gasteiger partial charge in [-0.2, -0.15) is 0 Å². The first-order valence-corrected chi connectivity index (χ1v) is 8.06. The zero-order chi connectivity index (χ0) is 10.2. The van der Waals surface area contributed by atoms with Gasteiger partial charge < -0.3 is 0 Å². The number of benzene rings is 1. The first-order chi connectivity index (χ1) is 5.95. The SMILES string of the molecule is Brc1cc(C(Br)Br)c(Br)c(Br)c1Br. The van der Waals surface area contributed by atoms with E-state index in [1.165, 1.54) is 0 Å². The van der Waals surface area contributed by atoms with E-state index in [1.807, 2.05) is 6.07 Å². The molecule has 0 N–H and O–H groups in total. The van der Waals surface area contributed by atoms with Crippen LogP contribution in [-0.4, -0.2) is 0 Å². The third kappa shape index (κ3) is 3.03. The van der Waals surface area contributed by atoms with Crippen molar-refractivity contribution >= 4 is 95.6 Å². The van der Waals surface area contributed by atoms with Crippen LogP contribution in [0.1, 0.15) is 9.30 Å². The van der Waals surface area contributed by atoms with Crippen molar-refractivity contribution in [3.63, 3.8) is 0 Å². The highest BCUT2D eigenvalue weighted by atomic mass is 79.9. The molecule has 0 amide bonds. The predicted molar refractivity (Wildman–Crippen MR) is 77.8 cm³/mol. The van der Waals surface area contributed by atoms with Crippen molar-refractivity contribution in [2.75, 3.05) is 0 Å². The van der Waals surface area contributed by atoms with Gasteiger partial charge in [-0.1, -0.05) is 31.9 Å². The molecule has 1 rings (SSSR count). The third-order valence-electron chi connectivity index (χ3n) is 1.37. The van der Waals surface area contributed by atoms with Gasteiger partial charge >= 0.3 is 0 Å². The van der Waals surface area contributed by atoms with Gasteiger partial charge in [0.25, 0.3) is 0 Å². The summed E-state index contributed by atoms with van der Waals surface area (Å²) in [5, 5.41) is 0. The molecule has 1 aromatic carbocycles. The van der Waals surface area contributed by atoms with Crippen LogP contribution in [0.25, 0.3) is 0 Å². The van der Waals surface area contributed by atoms with E-state index in [1.54, 1.807) is 0 Å². The van der Waals surface area contributed by atoms with Crippen molar-refractivity contribution in [1.29, 1.82) is 0 Å². The maximum Gasteiger partial charge on any atom is 0.0958 e. The Morgan fingerprint density at radius 1 is 0.846 bits per heavy atom. The molecule has 0 aliphatic heterocycles. The second kappa shape index (κ2) is 5.43. The zero-order valence-electron chi connectivity index (χ0n) is 5.92. The van der Waals surface area contributed by atoms with Gasteiger partial charge in [-0.15, -0.1) is 0 Å². The maximum absolute atomic E-state index is 3.51. The second-order valence-corrected chi connectivity index (χ2v) is 8.48. The minimum Gasteiger partial charge on any atom is -0.0712 e. The first kappa shape index (κ1) is 13.2. The van der Waals surface area contributed by atoms with Crippen molar-refractivity contribution in [1.82, 2.24) is 0 Å². The Balaban J connectivity index is 3.41. The molecule has 0 aliphatic rings. The Kier molecular flexibility index (Phi) is 5.50. The minimum absolute atomic E-state index is 0.134. The first-order valence-electron chi connectivity index (χ1n) is 3.06. The molecule has 0 aromatic heterocycles. The van der Waals surface area contributed by atoms with E-state index in [9.17, 15) is 0 Å². The number of alkyl halides is 2. The average Bonchev–Trinajstić information content (AvgIpc) is 2.07. The molecule has 0 fully saturated rings. The molecule has 6 heteroatoms. The molecule has 0 atom stereocenters. The summed E-state index contributed by atoms with van der Waals surface area (Å²) < 4.78 is 4.18. The van der Waals surface area contributed by atoms with Gasteiger partial charge in [-0.05, 0) is 75.3 Å². The molecule has 0 spiro atoms. The smallest absolute Gasteiger partial charge is 0.0712 e. The molecule has 0 radical (unpaired) electrons. The van der Waals surface area contributed by atoms with Crippen LogP contribution in [0.4, 0.5) is 0 Å². The Hall–Kier alpha value is 2.10. The predicted octanol–water partition coefficient (Wildman–Crippen LogP) is 6.53. The summed E-state index contributed by atoms with van der Waals surface area (Å²) >= 11 is 20.8. The molecule has 0 saturated heterocycles. The number of hydrogen-bond acceptors (Lipinski definition) is 0. The molecule has 1 aromatic rings. The fraction of sp³-hybridized carbons (Fsp3) is 0.143. The maximum atomic E-state index is 3.51. The van der Waals surface area contributed by atoms with Crippen molar-refractivity contribution in [3.05, 3.63) is 29.5 Å². The van der Waals surface area contributed by atoms with Crippen LogP contribution in [0.2, 0.25) is 0 Å². The average molecular weight is 566 g/mol. The lowest BCUT2D eigenvalue weighted by Gasteiger charge is -2.10. The lowest BCUT2D eigenvalue weighted by Crippen LogP contribution is -1.87. The minimum atomic E-state index is 0.134. The summed E-state index contributed by atoms with van der Waals surface area (Å²) in [5.74, 6) is 0. The highest BCUT2D eigenvalue weighted by Gasteiger charge is 2.15. The molecular weight excluding hydrogens is 564 g/mol. The zero-order valence-corrected chi connectivity index (χ0v) is 15.4. The van der Waals surface area contributed by atoms with Gasteiger partial charge in [0.05, 0.1) is 3.74 Å². The largest absolute Gasteiger partial charge is 0.0958 e. The quantitative estimate of drug-likeness (QED) is 0.207. The van der Waals surface area contributed by atoms with Gasteiger partial charge in [-0.3, -0.25) is 0 Å². The van der Waals surface area contributed by atoms with Crippen molar-refractivity contribution < 1.29 is 0 Å². The summed E-state index contributed by atoms with van der Waals surface area (Å²) in [4.78, 5) is 0. The molecule has 0 unspecified atom stereocenters. The molecule has 0 nitrogen and oxygen atoms in total. The molecule has 13 heavy (non-hydrogen) atoms. The standard InChI is InChI=1S/C7H2Br6/c8-3-1-2(7(12)13)4(9)6(11)5(3)10/h1,7H. The van der Waals surface area contributed by atoms with Gasteiger partial charge in [0.2, 0.25) is 0 Å². The summed E-state index contributed by atoms with van der Waals surface area (Å²) in [7, 11) is 0. The van der Waals surface area contributed by atoms with E-state index in [0.717, 1.165) is 23.5 Å². The van der Waals surface area contributed by atoms with Crippen LogP contribution >= 0.6 is 95.6 Å². The second-order valence-electron chi connectivity index (χ2n) is 2.19. The molecular formula is C7H2Br6. The van der Waals surface area contributed by atoms with Crippen LogP contribution in [-0.2, 0) is 0 Å². The van der Waals surface area contributed by atoms with E-state index in [-0.39, 0.29) is 3.74 Å². The van der Waals surface area contributed by atoms with E-state index < -0.39 is 0 Å². The Morgan fingerprint density at radius 2 is 1.38 bits per heavy atom. The van der Waals surface area contributed by atoms with Crippen LogP contribution < -0.4 is 0 Å². The van der Waals surface area contributed by atoms with Crippen LogP contribution in [0.15, 0.2) is 24.0 Å². The normalized spacial score (nSPS) is 11.0. The lowest BCUT2D eigenvalue weighted by molar-refractivity contribution is 1.33. The Labute approximate surface area is 127 Å². The van der Waals surface area contributed by atoms with Crippen LogP contribution in [0, 0.1) is 0 Å². The van der Waals surface area contributed by atoms with Gasteiger partial charge in [0, 0.05) is 17.9 Å². The van der Waals surface area contributed by atoms with Gasteiger partial charge in [-0.25, -0.2) is 0 Å². The summed E-state index contributed by atoms with van der Waals surface area (Å²) in [6.45, 7) is 0. The molecule has 0 bridgehead atoms. The van der Waals surface area contributed by atoms with Crippen molar-refractivity contribution in [3.8, 4) is 0 Å². The van der Waals surface area contributed by atoms with E-state index in [4.69, 9.17) is 0 Å². The van der Waals surface area contributed by atoms with Crippen molar-refractivity contribution in [2.24, 2.45) is 0 Å².